The van der Waals surface area contributed by atoms with Crippen molar-refractivity contribution in [2.45, 2.75) is 32.4 Å². The van der Waals surface area contributed by atoms with Crippen molar-refractivity contribution in [1.82, 2.24) is 4.90 Å². The maximum atomic E-state index is 13.0. The number of carbonyl (C=O) groups excluding carboxylic acids is 1. The predicted molar refractivity (Wildman–Crippen MR) is 71.3 cm³/mol. The summed E-state index contributed by atoms with van der Waals surface area (Å²) in [6.07, 6.45) is 0.827. The van der Waals surface area contributed by atoms with Crippen LogP contribution in [0.1, 0.15) is 30.6 Å². The van der Waals surface area contributed by atoms with Crippen molar-refractivity contribution in [1.29, 1.82) is 0 Å². The normalized spacial score (nSPS) is 23.4. The highest BCUT2D eigenvalue weighted by Crippen LogP contribution is 2.21. The van der Waals surface area contributed by atoms with E-state index in [1.165, 1.54) is 18.2 Å². The van der Waals surface area contributed by atoms with Gasteiger partial charge in [0.2, 0.25) is 0 Å². The molecule has 2 rings (SSSR count). The van der Waals surface area contributed by atoms with Crippen LogP contribution in [-0.4, -0.2) is 36.1 Å². The van der Waals surface area contributed by atoms with Gasteiger partial charge in [-0.1, -0.05) is 6.92 Å². The molecule has 1 aromatic rings. The van der Waals surface area contributed by atoms with Gasteiger partial charge < -0.3 is 15.4 Å². The van der Waals surface area contributed by atoms with E-state index < -0.39 is 5.82 Å². The van der Waals surface area contributed by atoms with Crippen LogP contribution in [0.5, 0.6) is 0 Å². The highest BCUT2D eigenvalue weighted by Gasteiger charge is 2.30. The Kier molecular flexibility index (Phi) is 4.04. The van der Waals surface area contributed by atoms with Gasteiger partial charge in [-0.3, -0.25) is 4.79 Å². The Morgan fingerprint density at radius 3 is 2.95 bits per heavy atom. The van der Waals surface area contributed by atoms with E-state index in [2.05, 4.69) is 0 Å². The number of morpholine rings is 1. The van der Waals surface area contributed by atoms with Crippen LogP contribution in [0, 0.1) is 5.82 Å². The van der Waals surface area contributed by atoms with Crippen molar-refractivity contribution in [3.63, 3.8) is 0 Å². The lowest BCUT2D eigenvalue weighted by Crippen LogP contribution is -2.51. The van der Waals surface area contributed by atoms with Gasteiger partial charge in [-0.05, 0) is 31.5 Å². The van der Waals surface area contributed by atoms with Gasteiger partial charge in [0.15, 0.2) is 0 Å². The van der Waals surface area contributed by atoms with Crippen LogP contribution >= 0.6 is 0 Å². The molecule has 1 saturated heterocycles. The Morgan fingerprint density at radius 2 is 2.32 bits per heavy atom. The molecule has 104 valence electrons. The maximum Gasteiger partial charge on any atom is 0.256 e. The zero-order valence-electron chi connectivity index (χ0n) is 11.2. The van der Waals surface area contributed by atoms with Crippen LogP contribution in [0.3, 0.4) is 0 Å². The van der Waals surface area contributed by atoms with Crippen LogP contribution in [0.4, 0.5) is 10.1 Å². The average Bonchev–Trinajstić information content (AvgIpc) is 2.38. The van der Waals surface area contributed by atoms with Crippen LogP contribution in [0.15, 0.2) is 18.2 Å². The van der Waals surface area contributed by atoms with Gasteiger partial charge in [0, 0.05) is 12.2 Å². The number of halogens is 1. The van der Waals surface area contributed by atoms with Crippen LogP contribution in [0.2, 0.25) is 0 Å². The first-order chi connectivity index (χ1) is 9.02. The summed E-state index contributed by atoms with van der Waals surface area (Å²) in [7, 11) is 0. The molecule has 0 aromatic heterocycles. The van der Waals surface area contributed by atoms with Gasteiger partial charge in [-0.15, -0.1) is 0 Å². The highest BCUT2D eigenvalue weighted by atomic mass is 19.1. The smallest absolute Gasteiger partial charge is 0.256 e. The number of nitrogens with two attached hydrogens (primary N) is 1. The molecule has 5 heteroatoms. The third-order valence-electron chi connectivity index (χ3n) is 3.44. The number of nitrogens with zero attached hydrogens (tertiary/aromatic N) is 1. The predicted octanol–water partition coefficient (Wildman–Crippen LogP) is 2.05. The van der Waals surface area contributed by atoms with E-state index in [1.54, 1.807) is 4.90 Å². The lowest BCUT2D eigenvalue weighted by molar-refractivity contribution is -0.0443. The van der Waals surface area contributed by atoms with E-state index in [9.17, 15) is 9.18 Å². The Bertz CT molecular complexity index is 479. The summed E-state index contributed by atoms with van der Waals surface area (Å²) in [5.74, 6) is -0.587. The Labute approximate surface area is 112 Å². The number of benzene rings is 1. The topological polar surface area (TPSA) is 55.6 Å². The molecule has 1 aliphatic rings. The van der Waals surface area contributed by atoms with Gasteiger partial charge in [0.25, 0.3) is 5.91 Å². The fourth-order valence-corrected chi connectivity index (χ4v) is 2.31. The van der Waals surface area contributed by atoms with Gasteiger partial charge in [-0.25, -0.2) is 4.39 Å². The molecular formula is C14H19FN2O2. The lowest BCUT2D eigenvalue weighted by atomic mass is 10.1. The summed E-state index contributed by atoms with van der Waals surface area (Å²) < 4.78 is 18.6. The van der Waals surface area contributed by atoms with Crippen LogP contribution in [0.25, 0.3) is 0 Å². The molecule has 1 aliphatic heterocycles. The molecule has 2 N–H and O–H groups in total. The second-order valence-electron chi connectivity index (χ2n) is 4.90. The highest BCUT2D eigenvalue weighted by molar-refractivity contribution is 5.99. The standard InChI is InChI=1S/C14H19FN2O2/c1-3-11-8-19-9(2)7-17(11)14(18)12-5-4-10(15)6-13(12)16/h4-6,9,11H,3,7-8,16H2,1-2H3. The van der Waals surface area contributed by atoms with E-state index in [-0.39, 0.29) is 23.7 Å². The molecular weight excluding hydrogens is 247 g/mol. The molecule has 2 atom stereocenters. The van der Waals surface area contributed by atoms with Crippen molar-refractivity contribution in [2.75, 3.05) is 18.9 Å². The number of rotatable bonds is 2. The molecule has 0 bridgehead atoms. The molecule has 2 unspecified atom stereocenters. The first-order valence-electron chi connectivity index (χ1n) is 6.50. The van der Waals surface area contributed by atoms with E-state index in [4.69, 9.17) is 10.5 Å². The second kappa shape index (κ2) is 5.57. The number of anilines is 1. The summed E-state index contributed by atoms with van der Waals surface area (Å²) in [6, 6.07) is 3.93. The van der Waals surface area contributed by atoms with Gasteiger partial charge >= 0.3 is 0 Å². The quantitative estimate of drug-likeness (QED) is 0.833. The molecule has 0 saturated carbocycles. The number of hydrogen-bond donors (Lipinski definition) is 1. The number of hydrogen-bond acceptors (Lipinski definition) is 3. The summed E-state index contributed by atoms with van der Waals surface area (Å²) in [6.45, 7) is 5.01. The maximum absolute atomic E-state index is 13.0. The van der Waals surface area contributed by atoms with Crippen molar-refractivity contribution >= 4 is 11.6 Å². The summed E-state index contributed by atoms with van der Waals surface area (Å²) in [5, 5.41) is 0. The third kappa shape index (κ3) is 2.87. The summed E-state index contributed by atoms with van der Waals surface area (Å²) >= 11 is 0. The molecule has 1 amide bonds. The van der Waals surface area contributed by atoms with E-state index >= 15 is 0 Å². The molecule has 0 aliphatic carbocycles. The van der Waals surface area contributed by atoms with Crippen molar-refractivity contribution in [2.24, 2.45) is 0 Å². The fourth-order valence-electron chi connectivity index (χ4n) is 2.31. The number of carbonyl (C=O) groups is 1. The summed E-state index contributed by atoms with van der Waals surface area (Å²) in [4.78, 5) is 14.3. The van der Waals surface area contributed by atoms with E-state index in [0.29, 0.717) is 18.7 Å². The minimum Gasteiger partial charge on any atom is -0.398 e. The zero-order valence-corrected chi connectivity index (χ0v) is 11.2. The lowest BCUT2D eigenvalue weighted by Gasteiger charge is -2.38. The molecule has 1 heterocycles. The van der Waals surface area contributed by atoms with Gasteiger partial charge in [-0.2, -0.15) is 0 Å². The Balaban J connectivity index is 2.25. The minimum atomic E-state index is -0.434. The van der Waals surface area contributed by atoms with E-state index in [0.717, 1.165) is 6.42 Å². The monoisotopic (exact) mass is 266 g/mol. The van der Waals surface area contributed by atoms with Crippen LogP contribution in [-0.2, 0) is 4.74 Å². The number of ether oxygens (including phenoxy) is 1. The van der Waals surface area contributed by atoms with Gasteiger partial charge in [0.05, 0.1) is 24.3 Å². The molecule has 19 heavy (non-hydrogen) atoms. The Hall–Kier alpha value is -1.62. The zero-order chi connectivity index (χ0) is 14.0. The first kappa shape index (κ1) is 13.8. The van der Waals surface area contributed by atoms with Crippen LogP contribution < -0.4 is 5.73 Å². The molecule has 1 aromatic carbocycles. The fraction of sp³-hybridized carbons (Fsp3) is 0.500. The average molecular weight is 266 g/mol. The summed E-state index contributed by atoms with van der Waals surface area (Å²) in [5.41, 5.74) is 6.27. The first-order valence-corrected chi connectivity index (χ1v) is 6.50. The number of nitrogen functional groups attached to an aromatic ring is 1. The molecule has 4 nitrogen and oxygen atoms in total. The van der Waals surface area contributed by atoms with E-state index in [1.807, 2.05) is 13.8 Å². The molecule has 0 spiro atoms. The Morgan fingerprint density at radius 1 is 1.58 bits per heavy atom. The van der Waals surface area contributed by atoms with Crippen molar-refractivity contribution < 1.29 is 13.9 Å². The largest absolute Gasteiger partial charge is 0.398 e. The third-order valence-corrected chi connectivity index (χ3v) is 3.44. The molecule has 1 fully saturated rings. The SMILES string of the molecule is CCC1COC(C)CN1C(=O)c1ccc(F)cc1N. The molecule has 0 radical (unpaired) electrons. The number of amides is 1. The van der Waals surface area contributed by atoms with Crippen molar-refractivity contribution in [3.05, 3.63) is 29.6 Å². The van der Waals surface area contributed by atoms with Crippen molar-refractivity contribution in [3.8, 4) is 0 Å². The van der Waals surface area contributed by atoms with Gasteiger partial charge in [0.1, 0.15) is 5.82 Å². The second-order valence-corrected chi connectivity index (χ2v) is 4.90. The minimum absolute atomic E-state index is 0.00780.